The van der Waals surface area contributed by atoms with Crippen LogP contribution in [0.2, 0.25) is 13.3 Å². The van der Waals surface area contributed by atoms with Crippen molar-refractivity contribution in [2.24, 2.45) is 5.92 Å². The van der Waals surface area contributed by atoms with Crippen molar-refractivity contribution >= 4 is 18.7 Å². The third-order valence-corrected chi connectivity index (χ3v) is 20.7. The number of nitrogens with zero attached hydrogens (tertiary/aromatic N) is 1. The maximum absolute atomic E-state index is 2.93. The molecule has 0 bridgehead atoms. The van der Waals surface area contributed by atoms with E-state index >= 15 is 0 Å². The Morgan fingerprint density at radius 3 is 1.45 bits per heavy atom. The van der Waals surface area contributed by atoms with Crippen LogP contribution in [0, 0.1) is 5.92 Å². The summed E-state index contributed by atoms with van der Waals surface area (Å²) in [7, 11) is 0. The zero-order valence-electron chi connectivity index (χ0n) is 16.6. The summed E-state index contributed by atoms with van der Waals surface area (Å²) < 4.78 is 7.61. The van der Waals surface area contributed by atoms with Gasteiger partial charge in [0.1, 0.15) is 0 Å². The molecule has 0 aliphatic heterocycles. The number of unbranched alkanes of at least 4 members (excludes halogenated alkanes) is 3. The second-order valence-corrected chi connectivity index (χ2v) is 20.4. The molecule has 132 valence electrons. The van der Waals surface area contributed by atoms with Gasteiger partial charge >= 0.3 is 146 Å². The molecule has 0 rings (SSSR count). The summed E-state index contributed by atoms with van der Waals surface area (Å²) >= 11 is -2.27. The van der Waals surface area contributed by atoms with Crippen LogP contribution in [0.3, 0.4) is 0 Å². The van der Waals surface area contributed by atoms with E-state index in [0.29, 0.717) is 12.0 Å². The van der Waals surface area contributed by atoms with Crippen LogP contribution in [0.25, 0.3) is 0 Å². The topological polar surface area (TPSA) is 3.24 Å². The van der Waals surface area contributed by atoms with E-state index in [2.05, 4.69) is 63.9 Å². The van der Waals surface area contributed by atoms with Crippen molar-refractivity contribution in [3.05, 3.63) is 12.3 Å². The van der Waals surface area contributed by atoms with Crippen LogP contribution in [0.1, 0.15) is 87.0 Å². The number of allylic oxidation sites excluding steroid dienone is 1. The number of hydrogen-bond donors (Lipinski definition) is 0. The second-order valence-electron chi connectivity index (χ2n) is 7.62. The van der Waals surface area contributed by atoms with E-state index in [0.717, 1.165) is 0 Å². The van der Waals surface area contributed by atoms with Gasteiger partial charge in [0.15, 0.2) is 0 Å². The fraction of sp³-hybridized carbons (Fsp3) is 0.900. The predicted octanol–water partition coefficient (Wildman–Crippen LogP) is 7.21. The molecule has 0 unspecified atom stereocenters. The molecule has 0 aliphatic rings. The Kier molecular flexibility index (Phi) is 12.9. The first-order valence-corrected chi connectivity index (χ1v) is 17.2. The van der Waals surface area contributed by atoms with Crippen molar-refractivity contribution in [2.45, 2.75) is 106 Å². The summed E-state index contributed by atoms with van der Waals surface area (Å²) in [6.45, 7) is 16.5. The van der Waals surface area contributed by atoms with Crippen LogP contribution >= 0.6 is 0 Å². The molecule has 0 amide bonds. The third-order valence-electron chi connectivity index (χ3n) is 4.72. The van der Waals surface area contributed by atoms with Gasteiger partial charge in [0.05, 0.1) is 0 Å². The van der Waals surface area contributed by atoms with Crippen LogP contribution in [0.5, 0.6) is 0 Å². The van der Waals surface area contributed by atoms with Gasteiger partial charge in [-0.15, -0.1) is 0 Å². The standard InChI is InChI=1S/C8H16N.3C4H9.Sn/c1-7(2)5-6-9-8(3)4;3*1-3-4-2;/h5-8H,1-4H3;3*1,3-4H2,2H3;/q-1;;;;+1/b6-5+;;;;. The molecule has 0 radical (unpaired) electrons. The Morgan fingerprint density at radius 1 is 0.773 bits per heavy atom. The van der Waals surface area contributed by atoms with E-state index in [-0.39, 0.29) is 0 Å². The van der Waals surface area contributed by atoms with Gasteiger partial charge in [0, 0.05) is 0 Å². The summed E-state index contributed by atoms with van der Waals surface area (Å²) in [5, 5.41) is 0. The van der Waals surface area contributed by atoms with Crippen LogP contribution < -0.4 is 0 Å². The summed E-state index contributed by atoms with van der Waals surface area (Å²) in [6, 6.07) is 0.677. The van der Waals surface area contributed by atoms with Gasteiger partial charge in [-0.05, 0) is 0 Å². The van der Waals surface area contributed by atoms with Crippen LogP contribution in [-0.2, 0) is 0 Å². The van der Waals surface area contributed by atoms with Crippen molar-refractivity contribution in [2.75, 3.05) is 0 Å². The molecule has 0 atom stereocenters. The number of hydrogen-bond acceptors (Lipinski definition) is 1. The quantitative estimate of drug-likeness (QED) is 0.287. The summed E-state index contributed by atoms with van der Waals surface area (Å²) in [6.07, 6.45) is 13.4. The van der Waals surface area contributed by atoms with E-state index in [4.69, 9.17) is 0 Å². The average Bonchev–Trinajstić information content (AvgIpc) is 2.47. The summed E-state index contributed by atoms with van der Waals surface area (Å²) in [5.41, 5.74) is 0. The van der Waals surface area contributed by atoms with Crippen LogP contribution in [0.4, 0.5) is 0 Å². The molecule has 1 nitrogen and oxygen atoms in total. The average molecular weight is 416 g/mol. The maximum atomic E-state index is 2.93. The van der Waals surface area contributed by atoms with Gasteiger partial charge in [-0.2, -0.15) is 0 Å². The van der Waals surface area contributed by atoms with E-state index in [1.54, 1.807) is 13.3 Å². The first-order chi connectivity index (χ1) is 10.4. The molecule has 0 heterocycles. The molecule has 0 aromatic rings. The molecule has 0 saturated heterocycles. The molecule has 2 heteroatoms. The van der Waals surface area contributed by atoms with Crippen molar-refractivity contribution in [3.63, 3.8) is 0 Å². The first kappa shape index (κ1) is 22.3. The van der Waals surface area contributed by atoms with E-state index in [1.165, 1.54) is 38.5 Å². The molecule has 0 aromatic heterocycles. The number of rotatable bonds is 13. The van der Waals surface area contributed by atoms with Gasteiger partial charge in [0.25, 0.3) is 0 Å². The fourth-order valence-electron chi connectivity index (χ4n) is 3.42. The van der Waals surface area contributed by atoms with Gasteiger partial charge in [-0.1, -0.05) is 0 Å². The van der Waals surface area contributed by atoms with Crippen LogP contribution in [0.15, 0.2) is 12.3 Å². The van der Waals surface area contributed by atoms with E-state index in [9.17, 15) is 0 Å². The molecule has 0 aromatic carbocycles. The Labute approximate surface area is 146 Å². The molecule has 0 fully saturated rings. The van der Waals surface area contributed by atoms with Gasteiger partial charge < -0.3 is 0 Å². The Morgan fingerprint density at radius 2 is 1.18 bits per heavy atom. The molecular weight excluding hydrogens is 373 g/mol. The molecule has 0 N–H and O–H groups in total. The Balaban J connectivity index is 5.45. The summed E-state index contributed by atoms with van der Waals surface area (Å²) in [4.78, 5) is 0. The molecule has 0 saturated carbocycles. The Bertz CT molecular complexity index is 262. The van der Waals surface area contributed by atoms with Gasteiger partial charge in [-0.3, -0.25) is 0 Å². The summed E-state index contributed by atoms with van der Waals surface area (Å²) in [5.74, 6) is 0.661. The zero-order chi connectivity index (χ0) is 17.0. The van der Waals surface area contributed by atoms with Gasteiger partial charge in [0.2, 0.25) is 0 Å². The van der Waals surface area contributed by atoms with Crippen molar-refractivity contribution in [3.8, 4) is 0 Å². The zero-order valence-corrected chi connectivity index (χ0v) is 19.5. The van der Waals surface area contributed by atoms with Crippen molar-refractivity contribution in [1.29, 1.82) is 0 Å². The monoisotopic (exact) mass is 417 g/mol. The molecule has 0 aliphatic carbocycles. The van der Waals surface area contributed by atoms with Crippen molar-refractivity contribution in [1.82, 2.24) is 3.12 Å². The minimum atomic E-state index is -2.27. The Hall–Kier alpha value is 0.339. The van der Waals surface area contributed by atoms with Crippen molar-refractivity contribution < 1.29 is 0 Å². The molecular formula is C20H43NSn. The van der Waals surface area contributed by atoms with Gasteiger partial charge in [-0.25, -0.2) is 0 Å². The van der Waals surface area contributed by atoms with E-state index in [1.807, 2.05) is 0 Å². The fourth-order valence-corrected chi connectivity index (χ4v) is 20.7. The molecule has 0 spiro atoms. The molecule has 22 heavy (non-hydrogen) atoms. The SMILES string of the molecule is CCC[CH2][Sn]([CH2]CCC)([CH2]CCC)[N](/C=C/C(C)C)C(C)C. The first-order valence-electron chi connectivity index (χ1n) is 9.90. The third kappa shape index (κ3) is 8.26. The minimum absolute atomic E-state index is 0.661. The van der Waals surface area contributed by atoms with E-state index < -0.39 is 18.7 Å². The second kappa shape index (κ2) is 12.7. The van der Waals surface area contributed by atoms with Crippen LogP contribution in [-0.4, -0.2) is 27.8 Å². The predicted molar refractivity (Wildman–Crippen MR) is 106 cm³/mol. The normalized spacial score (nSPS) is 12.8.